The third kappa shape index (κ3) is 2.79. The molecule has 1 fully saturated rings. The molecule has 1 aliphatic rings. The zero-order valence-electron chi connectivity index (χ0n) is 11.3. The number of carbonyl (C=O) groups is 2. The molecule has 1 aliphatic carbocycles. The molecule has 2 unspecified atom stereocenters. The normalized spacial score (nSPS) is 27.5. The Morgan fingerprint density at radius 3 is 2.18 bits per heavy atom. The second-order valence-electron chi connectivity index (χ2n) is 5.50. The van der Waals surface area contributed by atoms with E-state index in [0.29, 0.717) is 13.0 Å². The van der Waals surface area contributed by atoms with Crippen LogP contribution in [0.4, 0.5) is 0 Å². The molecule has 98 valence electrons. The first-order valence-corrected chi connectivity index (χ1v) is 6.18. The van der Waals surface area contributed by atoms with Crippen LogP contribution in [-0.2, 0) is 19.1 Å². The predicted octanol–water partition coefficient (Wildman–Crippen LogP) is 2.31. The summed E-state index contributed by atoms with van der Waals surface area (Å²) in [5.41, 5.74) is -1.60. The minimum absolute atomic E-state index is 0.0661. The van der Waals surface area contributed by atoms with Gasteiger partial charge in [0.1, 0.15) is 5.60 Å². The maximum absolute atomic E-state index is 12.1. The molecule has 2 atom stereocenters. The number of ether oxygens (including phenoxy) is 2. The van der Waals surface area contributed by atoms with E-state index in [1.54, 1.807) is 27.7 Å². The van der Waals surface area contributed by atoms with Crippen LogP contribution in [0, 0.1) is 11.3 Å². The van der Waals surface area contributed by atoms with Gasteiger partial charge in [-0.15, -0.1) is 0 Å². The maximum atomic E-state index is 12.1. The molecule has 0 heterocycles. The number of rotatable bonds is 4. The Bertz CT molecular complexity index is 316. The molecule has 1 saturated carbocycles. The van der Waals surface area contributed by atoms with Crippen molar-refractivity contribution in [3.8, 4) is 0 Å². The van der Waals surface area contributed by atoms with Gasteiger partial charge < -0.3 is 9.47 Å². The molecule has 0 amide bonds. The fourth-order valence-corrected chi connectivity index (χ4v) is 2.03. The summed E-state index contributed by atoms with van der Waals surface area (Å²) in [5, 5.41) is 0. The van der Waals surface area contributed by atoms with Crippen LogP contribution >= 0.6 is 0 Å². The van der Waals surface area contributed by atoms with Gasteiger partial charge in [-0.1, -0.05) is 13.3 Å². The summed E-state index contributed by atoms with van der Waals surface area (Å²) in [6.45, 7) is 9.40. The van der Waals surface area contributed by atoms with Gasteiger partial charge in [0.2, 0.25) is 0 Å². The fraction of sp³-hybridized carbons (Fsp3) is 0.846. The van der Waals surface area contributed by atoms with E-state index < -0.39 is 23.0 Å². The van der Waals surface area contributed by atoms with Gasteiger partial charge in [0, 0.05) is 0 Å². The highest BCUT2D eigenvalue weighted by molar-refractivity contribution is 6.04. The van der Waals surface area contributed by atoms with Crippen molar-refractivity contribution in [2.24, 2.45) is 11.3 Å². The summed E-state index contributed by atoms with van der Waals surface area (Å²) in [6, 6.07) is 0. The molecule has 4 heteroatoms. The van der Waals surface area contributed by atoms with Crippen molar-refractivity contribution < 1.29 is 19.1 Å². The average Bonchev–Trinajstić information content (AvgIpc) is 2.90. The lowest BCUT2D eigenvalue weighted by Gasteiger charge is -2.23. The Morgan fingerprint density at radius 1 is 1.24 bits per heavy atom. The highest BCUT2D eigenvalue weighted by Gasteiger charge is 2.67. The molecule has 0 N–H and O–H groups in total. The van der Waals surface area contributed by atoms with Crippen molar-refractivity contribution >= 4 is 11.9 Å². The smallest absolute Gasteiger partial charge is 0.324 e. The third-order valence-corrected chi connectivity index (χ3v) is 3.00. The van der Waals surface area contributed by atoms with Gasteiger partial charge in [0.05, 0.1) is 6.61 Å². The Hall–Kier alpha value is -1.06. The van der Waals surface area contributed by atoms with E-state index in [2.05, 4.69) is 0 Å². The number of carbonyl (C=O) groups excluding carboxylic acids is 2. The van der Waals surface area contributed by atoms with Gasteiger partial charge >= 0.3 is 11.9 Å². The van der Waals surface area contributed by atoms with Crippen molar-refractivity contribution in [2.75, 3.05) is 6.61 Å². The third-order valence-electron chi connectivity index (χ3n) is 3.00. The molecule has 0 bridgehead atoms. The number of esters is 2. The van der Waals surface area contributed by atoms with Crippen LogP contribution in [0.15, 0.2) is 0 Å². The SMILES string of the molecule is CCOC(=O)C1(C(=O)OC(C)(C)C)CC1CC. The molecular formula is C13H22O4. The maximum Gasteiger partial charge on any atom is 0.324 e. The number of hydrogen-bond acceptors (Lipinski definition) is 4. The lowest BCUT2D eigenvalue weighted by atomic mass is 10.0. The topological polar surface area (TPSA) is 52.6 Å². The highest BCUT2D eigenvalue weighted by atomic mass is 16.6. The van der Waals surface area contributed by atoms with Crippen LogP contribution in [0.1, 0.15) is 47.5 Å². The number of hydrogen-bond donors (Lipinski definition) is 0. The van der Waals surface area contributed by atoms with Gasteiger partial charge in [-0.25, -0.2) is 0 Å². The lowest BCUT2D eigenvalue weighted by molar-refractivity contribution is -0.172. The molecule has 17 heavy (non-hydrogen) atoms. The van der Waals surface area contributed by atoms with E-state index in [9.17, 15) is 9.59 Å². The predicted molar refractivity (Wildman–Crippen MR) is 63.3 cm³/mol. The molecule has 0 aromatic rings. The quantitative estimate of drug-likeness (QED) is 0.560. The second kappa shape index (κ2) is 4.67. The first-order valence-electron chi connectivity index (χ1n) is 6.18. The second-order valence-corrected chi connectivity index (χ2v) is 5.50. The van der Waals surface area contributed by atoms with Crippen molar-refractivity contribution in [1.82, 2.24) is 0 Å². The first kappa shape index (κ1) is 14.0. The minimum atomic E-state index is -1.03. The summed E-state index contributed by atoms with van der Waals surface area (Å²) < 4.78 is 10.3. The van der Waals surface area contributed by atoms with Crippen LogP contribution in [0.3, 0.4) is 0 Å². The zero-order valence-corrected chi connectivity index (χ0v) is 11.3. The fourth-order valence-electron chi connectivity index (χ4n) is 2.03. The van der Waals surface area contributed by atoms with Gasteiger partial charge in [-0.2, -0.15) is 0 Å². The van der Waals surface area contributed by atoms with Crippen molar-refractivity contribution in [3.05, 3.63) is 0 Å². The average molecular weight is 242 g/mol. The van der Waals surface area contributed by atoms with Crippen LogP contribution < -0.4 is 0 Å². The molecule has 0 aromatic carbocycles. The minimum Gasteiger partial charge on any atom is -0.465 e. The van der Waals surface area contributed by atoms with Crippen molar-refractivity contribution in [1.29, 1.82) is 0 Å². The van der Waals surface area contributed by atoms with Gasteiger partial charge in [0.25, 0.3) is 0 Å². The monoisotopic (exact) mass is 242 g/mol. The van der Waals surface area contributed by atoms with E-state index in [1.807, 2.05) is 6.92 Å². The largest absolute Gasteiger partial charge is 0.465 e. The molecular weight excluding hydrogens is 220 g/mol. The summed E-state index contributed by atoms with van der Waals surface area (Å²) in [6.07, 6.45) is 1.34. The Labute approximate surface area is 103 Å². The van der Waals surface area contributed by atoms with Crippen LogP contribution in [0.5, 0.6) is 0 Å². The molecule has 0 saturated heterocycles. The van der Waals surface area contributed by atoms with Gasteiger partial charge in [-0.05, 0) is 40.0 Å². The van der Waals surface area contributed by atoms with E-state index >= 15 is 0 Å². The molecule has 0 aromatic heterocycles. The molecule has 0 aliphatic heterocycles. The zero-order chi connectivity index (χ0) is 13.3. The van der Waals surface area contributed by atoms with Gasteiger partial charge in [-0.3, -0.25) is 9.59 Å². The summed E-state index contributed by atoms with van der Waals surface area (Å²) in [7, 11) is 0. The molecule has 0 spiro atoms. The van der Waals surface area contributed by atoms with Gasteiger partial charge in [0.15, 0.2) is 5.41 Å². The van der Waals surface area contributed by atoms with E-state index in [0.717, 1.165) is 6.42 Å². The Balaban J connectivity index is 2.81. The Morgan fingerprint density at radius 2 is 1.82 bits per heavy atom. The summed E-state index contributed by atoms with van der Waals surface area (Å²) >= 11 is 0. The van der Waals surface area contributed by atoms with E-state index in [4.69, 9.17) is 9.47 Å². The highest BCUT2D eigenvalue weighted by Crippen LogP contribution is 2.56. The Kier molecular flexibility index (Phi) is 3.84. The first-order chi connectivity index (χ1) is 7.78. The molecule has 4 nitrogen and oxygen atoms in total. The lowest BCUT2D eigenvalue weighted by Crippen LogP contribution is -2.36. The van der Waals surface area contributed by atoms with Crippen molar-refractivity contribution in [3.63, 3.8) is 0 Å². The molecule has 0 radical (unpaired) electrons. The summed E-state index contributed by atoms with van der Waals surface area (Å²) in [5.74, 6) is -0.798. The van der Waals surface area contributed by atoms with Crippen LogP contribution in [0.2, 0.25) is 0 Å². The summed E-state index contributed by atoms with van der Waals surface area (Å²) in [4.78, 5) is 24.0. The standard InChI is InChI=1S/C13H22O4/c1-6-9-8-13(9,10(14)16-7-2)11(15)17-12(3,4)5/h9H,6-8H2,1-5H3. The molecule has 1 rings (SSSR count). The van der Waals surface area contributed by atoms with Crippen molar-refractivity contribution in [2.45, 2.75) is 53.1 Å². The van der Waals surface area contributed by atoms with E-state index in [-0.39, 0.29) is 5.92 Å². The van der Waals surface area contributed by atoms with Crippen LogP contribution in [0.25, 0.3) is 0 Å². The van der Waals surface area contributed by atoms with E-state index in [1.165, 1.54) is 0 Å². The van der Waals surface area contributed by atoms with Crippen LogP contribution in [-0.4, -0.2) is 24.1 Å².